The van der Waals surface area contributed by atoms with Crippen molar-refractivity contribution in [2.75, 3.05) is 18.6 Å². The van der Waals surface area contributed by atoms with Crippen molar-refractivity contribution in [2.45, 2.75) is 45.3 Å². The molecule has 0 bridgehead atoms. The molecule has 0 saturated heterocycles. The molecule has 2 atom stereocenters. The van der Waals surface area contributed by atoms with Crippen LogP contribution in [0.3, 0.4) is 0 Å². The summed E-state index contributed by atoms with van der Waals surface area (Å²) in [7, 11) is 3.76. The van der Waals surface area contributed by atoms with E-state index < -0.39 is 5.97 Å². The van der Waals surface area contributed by atoms with Crippen molar-refractivity contribution in [3.8, 4) is 23.0 Å². The summed E-state index contributed by atoms with van der Waals surface area (Å²) in [6.07, 6.45) is 9.38. The Morgan fingerprint density at radius 3 is 2.76 bits per heavy atom. The first-order valence-electron chi connectivity index (χ1n) is 11.3. The quantitative estimate of drug-likeness (QED) is 0.501. The number of carbonyl (C=O) groups is 1. The van der Waals surface area contributed by atoms with Gasteiger partial charge in [0.2, 0.25) is 11.8 Å². The van der Waals surface area contributed by atoms with E-state index in [1.807, 2.05) is 25.9 Å². The highest BCUT2D eigenvalue weighted by Gasteiger charge is 2.28. The Labute approximate surface area is 197 Å². The second kappa shape index (κ2) is 10.4. The van der Waals surface area contributed by atoms with E-state index in [2.05, 4.69) is 25.0 Å². The number of carboxylic acid groups (broad SMARTS) is 1. The van der Waals surface area contributed by atoms with Crippen LogP contribution in [0.4, 0.5) is 5.95 Å². The molecule has 0 amide bonds. The zero-order valence-corrected chi connectivity index (χ0v) is 19.6. The average molecular weight is 468 g/mol. The van der Waals surface area contributed by atoms with Crippen LogP contribution in [-0.2, 0) is 18.4 Å². The Morgan fingerprint density at radius 2 is 2.03 bits per heavy atom. The number of hydrogen-bond acceptors (Lipinski definition) is 9. The minimum atomic E-state index is -0.760. The zero-order chi connectivity index (χ0) is 24.1. The Kier molecular flexibility index (Phi) is 7.19. The molecule has 11 nitrogen and oxygen atoms in total. The average Bonchev–Trinajstić information content (AvgIpc) is 3.20. The van der Waals surface area contributed by atoms with Gasteiger partial charge >= 0.3 is 5.97 Å². The minimum Gasteiger partial charge on any atom is -0.487 e. The second-order valence-electron chi connectivity index (χ2n) is 8.30. The lowest BCUT2D eigenvalue weighted by Crippen LogP contribution is -2.29. The zero-order valence-electron chi connectivity index (χ0n) is 19.6. The molecule has 3 heterocycles. The van der Waals surface area contributed by atoms with Crippen molar-refractivity contribution >= 4 is 11.9 Å². The molecule has 11 heteroatoms. The third-order valence-electron chi connectivity index (χ3n) is 5.85. The van der Waals surface area contributed by atoms with E-state index in [-0.39, 0.29) is 12.0 Å². The molecule has 1 saturated carbocycles. The summed E-state index contributed by atoms with van der Waals surface area (Å²) in [6, 6.07) is 1.73. The Hall–Kier alpha value is -3.76. The van der Waals surface area contributed by atoms with Crippen molar-refractivity contribution in [2.24, 2.45) is 13.0 Å². The van der Waals surface area contributed by atoms with E-state index in [1.54, 1.807) is 35.5 Å². The highest BCUT2D eigenvalue weighted by atomic mass is 16.5. The number of aryl methyl sites for hydroxylation is 1. The summed E-state index contributed by atoms with van der Waals surface area (Å²) in [4.78, 5) is 30.9. The van der Waals surface area contributed by atoms with Gasteiger partial charge in [0.25, 0.3) is 0 Å². The maximum Gasteiger partial charge on any atom is 0.306 e. The van der Waals surface area contributed by atoms with Gasteiger partial charge in [0.15, 0.2) is 11.6 Å². The molecule has 0 spiro atoms. The first-order valence-corrected chi connectivity index (χ1v) is 11.3. The Bertz CT molecular complexity index is 1120. The van der Waals surface area contributed by atoms with E-state index in [0.29, 0.717) is 49.4 Å². The molecule has 4 rings (SSSR count). The van der Waals surface area contributed by atoms with Crippen LogP contribution in [0.1, 0.15) is 38.3 Å². The molecule has 0 aliphatic heterocycles. The number of rotatable bonds is 9. The van der Waals surface area contributed by atoms with E-state index >= 15 is 0 Å². The highest BCUT2D eigenvalue weighted by Crippen LogP contribution is 2.28. The predicted molar refractivity (Wildman–Crippen MR) is 124 cm³/mol. The van der Waals surface area contributed by atoms with Gasteiger partial charge in [-0.05, 0) is 32.6 Å². The van der Waals surface area contributed by atoms with E-state index in [1.165, 1.54) is 0 Å². The topological polar surface area (TPSA) is 128 Å². The van der Waals surface area contributed by atoms with E-state index in [0.717, 1.165) is 24.1 Å². The van der Waals surface area contributed by atoms with Gasteiger partial charge in [-0.3, -0.25) is 9.48 Å². The van der Waals surface area contributed by atoms with Gasteiger partial charge in [-0.2, -0.15) is 10.1 Å². The summed E-state index contributed by atoms with van der Waals surface area (Å²) < 4.78 is 13.2. The van der Waals surface area contributed by atoms with Gasteiger partial charge in [0, 0.05) is 26.4 Å². The molecule has 3 aromatic rings. The van der Waals surface area contributed by atoms with Crippen LogP contribution < -0.4 is 14.4 Å². The van der Waals surface area contributed by atoms with Gasteiger partial charge in [-0.15, -0.1) is 0 Å². The lowest BCUT2D eigenvalue weighted by Gasteiger charge is -2.27. The SMILES string of the molecule is CCOc1ccnc(N(C)Cc2c(-c3ncc(O[C@H]4CCCC(C(=O)O)C4)cn3)cnn2C)n1. The Morgan fingerprint density at radius 1 is 1.24 bits per heavy atom. The molecule has 1 unspecified atom stereocenters. The first kappa shape index (κ1) is 23.4. The molecule has 3 aromatic heterocycles. The maximum absolute atomic E-state index is 11.3. The predicted octanol–water partition coefficient (Wildman–Crippen LogP) is 2.72. The molecule has 1 N–H and O–H groups in total. The fourth-order valence-electron chi connectivity index (χ4n) is 4.06. The minimum absolute atomic E-state index is 0.139. The van der Waals surface area contributed by atoms with Crippen molar-refractivity contribution in [3.63, 3.8) is 0 Å². The third-order valence-corrected chi connectivity index (χ3v) is 5.85. The van der Waals surface area contributed by atoms with Crippen LogP contribution in [0.15, 0.2) is 30.9 Å². The fourth-order valence-corrected chi connectivity index (χ4v) is 4.06. The number of carboxylic acids is 1. The number of nitrogens with zero attached hydrogens (tertiary/aromatic N) is 7. The highest BCUT2D eigenvalue weighted by molar-refractivity contribution is 5.70. The van der Waals surface area contributed by atoms with Crippen LogP contribution in [-0.4, -0.2) is 60.6 Å². The molecular formula is C23H29N7O4. The van der Waals surface area contributed by atoms with E-state index in [4.69, 9.17) is 9.47 Å². The molecular weight excluding hydrogens is 438 g/mol. The summed E-state index contributed by atoms with van der Waals surface area (Å²) in [5.74, 6) is 1.01. The number of aromatic nitrogens is 6. The van der Waals surface area contributed by atoms with Crippen LogP contribution >= 0.6 is 0 Å². The summed E-state index contributed by atoms with van der Waals surface area (Å²) in [5.41, 5.74) is 1.70. The smallest absolute Gasteiger partial charge is 0.306 e. The number of anilines is 1. The van der Waals surface area contributed by atoms with Crippen molar-refractivity contribution in [1.82, 2.24) is 29.7 Å². The summed E-state index contributed by atoms with van der Waals surface area (Å²) in [6.45, 7) is 2.93. The van der Waals surface area contributed by atoms with E-state index in [9.17, 15) is 9.90 Å². The molecule has 34 heavy (non-hydrogen) atoms. The van der Waals surface area contributed by atoms with Crippen molar-refractivity contribution in [1.29, 1.82) is 0 Å². The summed E-state index contributed by atoms with van der Waals surface area (Å²) >= 11 is 0. The van der Waals surface area contributed by atoms with Gasteiger partial charge < -0.3 is 19.5 Å². The van der Waals surface area contributed by atoms with Gasteiger partial charge in [0.05, 0.1) is 55.0 Å². The fraction of sp³-hybridized carbons (Fsp3) is 0.478. The lowest BCUT2D eigenvalue weighted by atomic mass is 9.87. The molecule has 0 aromatic carbocycles. The second-order valence-corrected chi connectivity index (χ2v) is 8.30. The number of aliphatic carboxylic acids is 1. The van der Waals surface area contributed by atoms with Crippen LogP contribution in [0, 0.1) is 5.92 Å². The molecule has 1 aliphatic rings. The molecule has 0 radical (unpaired) electrons. The monoisotopic (exact) mass is 467 g/mol. The maximum atomic E-state index is 11.3. The van der Waals surface area contributed by atoms with Crippen molar-refractivity contribution in [3.05, 3.63) is 36.5 Å². The molecule has 1 aliphatic carbocycles. The van der Waals surface area contributed by atoms with Crippen LogP contribution in [0.2, 0.25) is 0 Å². The molecule has 1 fully saturated rings. The standard InChI is InChI=1S/C23H29N7O4/c1-4-33-20-8-9-24-23(28-20)29(2)14-19-18(13-27-30(19)3)21-25-11-17(12-26-21)34-16-7-5-6-15(10-16)22(31)32/h8-9,11-13,15-16H,4-7,10,14H2,1-3H3,(H,31,32)/t15?,16-/m0/s1. The van der Waals surface area contributed by atoms with Gasteiger partial charge in [0.1, 0.15) is 0 Å². The van der Waals surface area contributed by atoms with Gasteiger partial charge in [-0.1, -0.05) is 0 Å². The lowest BCUT2D eigenvalue weighted by molar-refractivity contribution is -0.143. The van der Waals surface area contributed by atoms with Crippen molar-refractivity contribution < 1.29 is 19.4 Å². The van der Waals surface area contributed by atoms with Gasteiger partial charge in [-0.25, -0.2) is 15.0 Å². The summed E-state index contributed by atoms with van der Waals surface area (Å²) in [5, 5.41) is 13.7. The first-order chi connectivity index (χ1) is 16.4. The molecule has 180 valence electrons. The normalized spacial score (nSPS) is 17.9. The largest absolute Gasteiger partial charge is 0.487 e. The van der Waals surface area contributed by atoms with Crippen LogP contribution in [0.25, 0.3) is 11.4 Å². The van der Waals surface area contributed by atoms with Crippen LogP contribution in [0.5, 0.6) is 11.6 Å². The Balaban J connectivity index is 1.46. The number of hydrogen-bond donors (Lipinski definition) is 1. The number of ether oxygens (including phenoxy) is 2. The third kappa shape index (κ3) is 5.41.